The number of allylic oxidation sites excluding steroid dienone is 1. The summed E-state index contributed by atoms with van der Waals surface area (Å²) in [6, 6.07) is 19.2. The second-order valence-corrected chi connectivity index (χ2v) is 5.98. The summed E-state index contributed by atoms with van der Waals surface area (Å²) in [5.74, 6) is 0.475. The predicted octanol–water partition coefficient (Wildman–Crippen LogP) is 5.81. The number of benzene rings is 2. The first kappa shape index (κ1) is 14.9. The van der Waals surface area contributed by atoms with Crippen molar-refractivity contribution in [3.05, 3.63) is 77.3 Å². The molecule has 0 spiro atoms. The lowest BCUT2D eigenvalue weighted by atomic mass is 9.95. The zero-order chi connectivity index (χ0) is 14.4. The Hall–Kier alpha value is -1.54. The summed E-state index contributed by atoms with van der Waals surface area (Å²) in [5, 5.41) is 3.62. The molecule has 2 heteroatoms. The van der Waals surface area contributed by atoms with E-state index >= 15 is 0 Å². The summed E-state index contributed by atoms with van der Waals surface area (Å²) in [7, 11) is 0. The number of hydrogen-bond donors (Lipinski definition) is 1. The van der Waals surface area contributed by atoms with Gasteiger partial charge in [0.15, 0.2) is 0 Å². The normalized spacial score (nSPS) is 13.5. The van der Waals surface area contributed by atoms with Gasteiger partial charge in [-0.15, -0.1) is 6.58 Å². The van der Waals surface area contributed by atoms with Crippen molar-refractivity contribution in [2.45, 2.75) is 19.4 Å². The molecule has 2 atom stereocenters. The maximum atomic E-state index is 3.89. The van der Waals surface area contributed by atoms with Gasteiger partial charge in [-0.1, -0.05) is 59.3 Å². The predicted molar refractivity (Wildman–Crippen MR) is 90.9 cm³/mol. The highest BCUT2D eigenvalue weighted by Gasteiger charge is 2.13. The molecule has 0 heterocycles. The molecule has 2 rings (SSSR count). The summed E-state index contributed by atoms with van der Waals surface area (Å²) >= 11 is 3.47. The van der Waals surface area contributed by atoms with Crippen LogP contribution in [0.4, 0.5) is 5.69 Å². The Kier molecular flexibility index (Phi) is 5.42. The second kappa shape index (κ2) is 7.30. The van der Waals surface area contributed by atoms with Crippen molar-refractivity contribution in [2.75, 3.05) is 5.32 Å². The monoisotopic (exact) mass is 329 g/mol. The molecule has 0 aliphatic heterocycles. The molecule has 0 aliphatic carbocycles. The first-order valence-corrected chi connectivity index (χ1v) is 7.68. The lowest BCUT2D eigenvalue weighted by molar-refractivity contribution is 0.578. The van der Waals surface area contributed by atoms with Crippen LogP contribution in [-0.2, 0) is 0 Å². The Morgan fingerprint density at radius 3 is 2.35 bits per heavy atom. The summed E-state index contributed by atoms with van der Waals surface area (Å²) in [6.07, 6.45) is 3.04. The van der Waals surface area contributed by atoms with Crippen molar-refractivity contribution in [3.8, 4) is 0 Å². The van der Waals surface area contributed by atoms with E-state index in [1.54, 1.807) is 0 Å². The van der Waals surface area contributed by atoms with E-state index in [9.17, 15) is 0 Å². The van der Waals surface area contributed by atoms with Crippen molar-refractivity contribution in [2.24, 2.45) is 5.92 Å². The van der Waals surface area contributed by atoms with Crippen molar-refractivity contribution in [3.63, 3.8) is 0 Å². The number of rotatable bonds is 6. The molecule has 0 radical (unpaired) electrons. The Balaban J connectivity index is 2.18. The first-order chi connectivity index (χ1) is 9.69. The van der Waals surface area contributed by atoms with Crippen LogP contribution in [0.3, 0.4) is 0 Å². The number of anilines is 1. The second-order valence-electron chi connectivity index (χ2n) is 5.06. The molecule has 0 amide bonds. The van der Waals surface area contributed by atoms with Crippen molar-refractivity contribution in [1.29, 1.82) is 0 Å². The van der Waals surface area contributed by atoms with E-state index in [-0.39, 0.29) is 0 Å². The number of halogens is 1. The fraction of sp³-hybridized carbons (Fsp3) is 0.222. The largest absolute Gasteiger partial charge is 0.378 e. The minimum absolute atomic E-state index is 0.297. The highest BCUT2D eigenvalue weighted by atomic mass is 79.9. The van der Waals surface area contributed by atoms with E-state index in [1.165, 1.54) is 5.56 Å². The van der Waals surface area contributed by atoms with Crippen LogP contribution >= 0.6 is 15.9 Å². The maximum absolute atomic E-state index is 3.89. The van der Waals surface area contributed by atoms with E-state index in [0.29, 0.717) is 12.0 Å². The van der Waals surface area contributed by atoms with Gasteiger partial charge in [-0.3, -0.25) is 0 Å². The quantitative estimate of drug-likeness (QED) is 0.659. The van der Waals surface area contributed by atoms with E-state index < -0.39 is 0 Å². The Labute approximate surface area is 129 Å². The van der Waals surface area contributed by atoms with Crippen LogP contribution in [0.25, 0.3) is 0 Å². The van der Waals surface area contributed by atoms with Gasteiger partial charge in [0, 0.05) is 10.2 Å². The van der Waals surface area contributed by atoms with Crippen molar-refractivity contribution >= 4 is 21.6 Å². The van der Waals surface area contributed by atoms with Gasteiger partial charge in [0.2, 0.25) is 0 Å². The van der Waals surface area contributed by atoms with Crippen LogP contribution in [-0.4, -0.2) is 0 Å². The molecule has 0 unspecified atom stereocenters. The Morgan fingerprint density at radius 2 is 1.75 bits per heavy atom. The van der Waals surface area contributed by atoms with Crippen LogP contribution in [0.5, 0.6) is 0 Å². The van der Waals surface area contributed by atoms with Gasteiger partial charge >= 0.3 is 0 Å². The average Bonchev–Trinajstić information content (AvgIpc) is 2.49. The number of nitrogens with one attached hydrogen (secondary N) is 1. The average molecular weight is 330 g/mol. The highest BCUT2D eigenvalue weighted by Crippen LogP contribution is 2.27. The molecule has 20 heavy (non-hydrogen) atoms. The van der Waals surface area contributed by atoms with E-state index in [1.807, 2.05) is 6.08 Å². The van der Waals surface area contributed by atoms with Gasteiger partial charge in [0.25, 0.3) is 0 Å². The van der Waals surface area contributed by atoms with E-state index in [2.05, 4.69) is 89.3 Å². The van der Waals surface area contributed by atoms with Crippen LogP contribution in [0, 0.1) is 5.92 Å². The fourth-order valence-electron chi connectivity index (χ4n) is 2.18. The van der Waals surface area contributed by atoms with Gasteiger partial charge in [-0.05, 0) is 42.2 Å². The molecule has 0 fully saturated rings. The van der Waals surface area contributed by atoms with Crippen LogP contribution < -0.4 is 5.32 Å². The Morgan fingerprint density at radius 1 is 1.10 bits per heavy atom. The maximum Gasteiger partial charge on any atom is 0.0519 e. The van der Waals surface area contributed by atoms with Gasteiger partial charge < -0.3 is 5.32 Å². The lowest BCUT2D eigenvalue weighted by Gasteiger charge is -2.22. The molecular formula is C18H20BrN. The molecule has 104 valence electrons. The third kappa shape index (κ3) is 4.24. The highest BCUT2D eigenvalue weighted by molar-refractivity contribution is 9.10. The van der Waals surface area contributed by atoms with Gasteiger partial charge in [-0.2, -0.15) is 0 Å². The smallest absolute Gasteiger partial charge is 0.0519 e. The van der Waals surface area contributed by atoms with Gasteiger partial charge in [0.1, 0.15) is 0 Å². The number of hydrogen-bond acceptors (Lipinski definition) is 1. The SMILES string of the molecule is C=C[C@H](C)C[C@H](Nc1ccc(Br)cc1)c1ccccc1. The van der Waals surface area contributed by atoms with Gasteiger partial charge in [0.05, 0.1) is 6.04 Å². The van der Waals surface area contributed by atoms with E-state index in [4.69, 9.17) is 0 Å². The third-order valence-electron chi connectivity index (χ3n) is 3.40. The molecule has 1 nitrogen and oxygen atoms in total. The molecule has 0 saturated carbocycles. The third-order valence-corrected chi connectivity index (χ3v) is 3.93. The minimum atomic E-state index is 0.297. The molecular weight excluding hydrogens is 310 g/mol. The van der Waals surface area contributed by atoms with Crippen LogP contribution in [0.2, 0.25) is 0 Å². The molecule has 1 N–H and O–H groups in total. The summed E-state index contributed by atoms with van der Waals surface area (Å²) in [6.45, 7) is 6.09. The summed E-state index contributed by atoms with van der Waals surface area (Å²) in [4.78, 5) is 0. The fourth-order valence-corrected chi connectivity index (χ4v) is 2.44. The van der Waals surface area contributed by atoms with Crippen molar-refractivity contribution < 1.29 is 0 Å². The zero-order valence-electron chi connectivity index (χ0n) is 11.7. The molecule has 0 aliphatic rings. The lowest BCUT2D eigenvalue weighted by Crippen LogP contribution is -2.13. The zero-order valence-corrected chi connectivity index (χ0v) is 13.3. The van der Waals surface area contributed by atoms with E-state index in [0.717, 1.165) is 16.6 Å². The topological polar surface area (TPSA) is 12.0 Å². The Bertz CT molecular complexity index is 533. The van der Waals surface area contributed by atoms with Crippen LogP contribution in [0.15, 0.2) is 71.7 Å². The molecule has 0 saturated heterocycles. The summed E-state index contributed by atoms with van der Waals surface area (Å²) in [5.41, 5.74) is 2.45. The molecule has 0 aromatic heterocycles. The first-order valence-electron chi connectivity index (χ1n) is 6.88. The van der Waals surface area contributed by atoms with Crippen LogP contribution in [0.1, 0.15) is 24.9 Å². The summed E-state index contributed by atoms with van der Waals surface area (Å²) < 4.78 is 1.10. The standard InChI is InChI=1S/C18H20BrN/c1-3-14(2)13-18(15-7-5-4-6-8-15)20-17-11-9-16(19)10-12-17/h3-12,14,18,20H,1,13H2,2H3/t14-,18-/m0/s1. The van der Waals surface area contributed by atoms with Gasteiger partial charge in [-0.25, -0.2) is 0 Å². The molecule has 0 bridgehead atoms. The molecule has 2 aromatic carbocycles. The van der Waals surface area contributed by atoms with Crippen molar-refractivity contribution in [1.82, 2.24) is 0 Å². The molecule has 2 aromatic rings. The minimum Gasteiger partial charge on any atom is -0.378 e.